The van der Waals surface area contributed by atoms with Gasteiger partial charge in [0, 0.05) is 18.5 Å². The minimum Gasteiger partial charge on any atom is -0.408 e. The fraction of sp³-hybridized carbons (Fsp3) is 0.222. The highest BCUT2D eigenvalue weighted by molar-refractivity contribution is 7.92. The molecule has 1 N–H and O–H groups in total. The van der Waals surface area contributed by atoms with Gasteiger partial charge in [0.05, 0.1) is 16.1 Å². The summed E-state index contributed by atoms with van der Waals surface area (Å²) in [7, 11) is -2.27. The number of hydrogen-bond acceptors (Lipinski definition) is 5. The minimum absolute atomic E-state index is 0.0611. The lowest BCUT2D eigenvalue weighted by molar-refractivity contribution is 0.0967. The van der Waals surface area contributed by atoms with Crippen molar-refractivity contribution in [2.75, 3.05) is 4.72 Å². The Morgan fingerprint density at radius 1 is 1.15 bits per heavy atom. The maximum Gasteiger partial charge on any atom is 0.419 e. The maximum absolute atomic E-state index is 12.6. The molecule has 0 amide bonds. The van der Waals surface area contributed by atoms with Crippen LogP contribution in [-0.2, 0) is 17.1 Å². The molecular formula is C18H16N2O5S. The van der Waals surface area contributed by atoms with Gasteiger partial charge >= 0.3 is 5.76 Å². The number of aryl methyl sites for hydroxylation is 1. The van der Waals surface area contributed by atoms with Crippen molar-refractivity contribution in [3.8, 4) is 0 Å². The summed E-state index contributed by atoms with van der Waals surface area (Å²) in [5, 5.41) is 0. The molecule has 1 aliphatic carbocycles. The van der Waals surface area contributed by atoms with Crippen LogP contribution in [0.2, 0.25) is 0 Å². The Bertz CT molecular complexity index is 1170. The lowest BCUT2D eigenvalue weighted by Gasteiger charge is -2.09. The van der Waals surface area contributed by atoms with Crippen LogP contribution in [0.15, 0.2) is 56.6 Å². The molecule has 1 aliphatic rings. The molecule has 0 unspecified atom stereocenters. The Balaban J connectivity index is 1.61. The van der Waals surface area contributed by atoms with E-state index in [1.165, 1.54) is 47.0 Å². The van der Waals surface area contributed by atoms with Crippen molar-refractivity contribution < 1.29 is 17.6 Å². The van der Waals surface area contributed by atoms with E-state index in [1.807, 2.05) is 0 Å². The van der Waals surface area contributed by atoms with Crippen molar-refractivity contribution in [1.29, 1.82) is 0 Å². The van der Waals surface area contributed by atoms with Gasteiger partial charge in [-0.3, -0.25) is 14.1 Å². The SMILES string of the molecule is Cn1c(=O)oc2ccc(NS(=O)(=O)c3ccc(C(=O)C4CC4)cc3)cc21. The number of rotatable bonds is 5. The summed E-state index contributed by atoms with van der Waals surface area (Å²) in [5.41, 5.74) is 1.71. The molecule has 7 nitrogen and oxygen atoms in total. The van der Waals surface area contributed by atoms with Gasteiger partial charge in [0.25, 0.3) is 10.0 Å². The second kappa shape index (κ2) is 5.84. The number of fused-ring (bicyclic) bond motifs is 1. The van der Waals surface area contributed by atoms with Gasteiger partial charge in [0.15, 0.2) is 11.4 Å². The van der Waals surface area contributed by atoms with Crippen LogP contribution >= 0.6 is 0 Å². The van der Waals surface area contributed by atoms with Crippen LogP contribution < -0.4 is 10.5 Å². The van der Waals surface area contributed by atoms with Crippen LogP contribution in [0.3, 0.4) is 0 Å². The number of anilines is 1. The Morgan fingerprint density at radius 2 is 1.85 bits per heavy atom. The fourth-order valence-corrected chi connectivity index (χ4v) is 3.83. The van der Waals surface area contributed by atoms with E-state index in [0.29, 0.717) is 22.4 Å². The van der Waals surface area contributed by atoms with Gasteiger partial charge < -0.3 is 4.42 Å². The lowest BCUT2D eigenvalue weighted by atomic mass is 10.1. The van der Waals surface area contributed by atoms with Gasteiger partial charge in [-0.25, -0.2) is 13.2 Å². The van der Waals surface area contributed by atoms with Gasteiger partial charge in [-0.2, -0.15) is 0 Å². The molecule has 26 heavy (non-hydrogen) atoms. The van der Waals surface area contributed by atoms with Crippen LogP contribution in [-0.4, -0.2) is 18.8 Å². The first kappa shape index (κ1) is 16.6. The molecule has 134 valence electrons. The predicted molar refractivity (Wildman–Crippen MR) is 95.8 cm³/mol. The van der Waals surface area contributed by atoms with E-state index < -0.39 is 15.8 Å². The summed E-state index contributed by atoms with van der Waals surface area (Å²) >= 11 is 0. The number of aromatic nitrogens is 1. The first-order valence-electron chi connectivity index (χ1n) is 8.12. The van der Waals surface area contributed by atoms with Gasteiger partial charge in [-0.1, -0.05) is 12.1 Å². The van der Waals surface area contributed by atoms with Crippen LogP contribution in [0, 0.1) is 5.92 Å². The standard InChI is InChI=1S/C18H16N2O5S/c1-20-15-10-13(6-9-16(15)25-18(20)22)19-26(23,24)14-7-4-12(5-8-14)17(21)11-2-3-11/h4-11,19H,2-3H2,1H3. The van der Waals surface area contributed by atoms with Crippen molar-refractivity contribution >= 4 is 32.6 Å². The van der Waals surface area contributed by atoms with E-state index in [1.54, 1.807) is 7.05 Å². The van der Waals surface area contributed by atoms with Gasteiger partial charge in [-0.15, -0.1) is 0 Å². The molecule has 0 aliphatic heterocycles. The number of sulfonamides is 1. The zero-order chi connectivity index (χ0) is 18.5. The Hall–Kier alpha value is -2.87. The van der Waals surface area contributed by atoms with E-state index in [2.05, 4.69) is 4.72 Å². The second-order valence-electron chi connectivity index (χ2n) is 6.38. The third-order valence-electron chi connectivity index (χ3n) is 4.44. The van der Waals surface area contributed by atoms with Crippen molar-refractivity contribution in [2.45, 2.75) is 17.7 Å². The topological polar surface area (TPSA) is 98.4 Å². The number of nitrogens with zero attached hydrogens (tertiary/aromatic N) is 1. The smallest absolute Gasteiger partial charge is 0.408 e. The lowest BCUT2D eigenvalue weighted by Crippen LogP contribution is -2.13. The zero-order valence-corrected chi connectivity index (χ0v) is 14.7. The van der Waals surface area contributed by atoms with Gasteiger partial charge in [0.1, 0.15) is 0 Å². The Morgan fingerprint density at radius 3 is 2.50 bits per heavy atom. The summed E-state index contributed by atoms with van der Waals surface area (Å²) < 4.78 is 33.9. The highest BCUT2D eigenvalue weighted by Gasteiger charge is 2.30. The van der Waals surface area contributed by atoms with Gasteiger partial charge in [-0.05, 0) is 43.2 Å². The van der Waals surface area contributed by atoms with Gasteiger partial charge in [0.2, 0.25) is 0 Å². The number of carbonyl (C=O) groups excluding carboxylic acids is 1. The van der Waals surface area contributed by atoms with Crippen LogP contribution in [0.4, 0.5) is 5.69 Å². The van der Waals surface area contributed by atoms with E-state index in [9.17, 15) is 18.0 Å². The zero-order valence-electron chi connectivity index (χ0n) is 13.9. The van der Waals surface area contributed by atoms with Crippen LogP contribution in [0.5, 0.6) is 0 Å². The molecule has 0 saturated heterocycles. The summed E-state index contributed by atoms with van der Waals surface area (Å²) in [4.78, 5) is 23.6. The highest BCUT2D eigenvalue weighted by atomic mass is 32.2. The third-order valence-corrected chi connectivity index (χ3v) is 5.84. The number of nitrogens with one attached hydrogen (secondary N) is 1. The number of Topliss-reactive ketones (excluding diaryl/α,β-unsaturated/α-hetero) is 1. The Kier molecular flexibility index (Phi) is 3.73. The number of benzene rings is 2. The third kappa shape index (κ3) is 2.92. The summed E-state index contributed by atoms with van der Waals surface area (Å²) in [6.45, 7) is 0. The predicted octanol–water partition coefficient (Wildman–Crippen LogP) is 2.53. The molecule has 1 fully saturated rings. The number of hydrogen-bond donors (Lipinski definition) is 1. The average molecular weight is 372 g/mol. The summed E-state index contributed by atoms with van der Waals surface area (Å²) in [6.07, 6.45) is 1.80. The molecule has 4 rings (SSSR count). The largest absolute Gasteiger partial charge is 0.419 e. The van der Waals surface area contributed by atoms with Crippen molar-refractivity contribution in [3.63, 3.8) is 0 Å². The van der Waals surface area contributed by atoms with Crippen LogP contribution in [0.1, 0.15) is 23.2 Å². The molecule has 3 aromatic rings. The molecule has 0 bridgehead atoms. The number of ketones is 1. The molecule has 1 saturated carbocycles. The fourth-order valence-electron chi connectivity index (χ4n) is 2.78. The molecule has 0 atom stereocenters. The van der Waals surface area contributed by atoms with E-state index in [0.717, 1.165) is 12.8 Å². The highest BCUT2D eigenvalue weighted by Crippen LogP contribution is 2.32. The molecule has 2 aromatic carbocycles. The molecule has 0 spiro atoms. The number of oxazole rings is 1. The van der Waals surface area contributed by atoms with E-state index in [4.69, 9.17) is 4.42 Å². The van der Waals surface area contributed by atoms with E-state index >= 15 is 0 Å². The first-order chi connectivity index (χ1) is 12.3. The quantitative estimate of drug-likeness (QED) is 0.694. The summed E-state index contributed by atoms with van der Waals surface area (Å²) in [6, 6.07) is 10.5. The maximum atomic E-state index is 12.6. The average Bonchev–Trinajstić information content (AvgIpc) is 3.42. The van der Waals surface area contributed by atoms with Crippen LogP contribution in [0.25, 0.3) is 11.1 Å². The molecule has 1 heterocycles. The second-order valence-corrected chi connectivity index (χ2v) is 8.06. The minimum atomic E-state index is -3.81. The Labute approximate surface area is 149 Å². The van der Waals surface area contributed by atoms with Crippen molar-refractivity contribution in [2.24, 2.45) is 13.0 Å². The molecule has 0 radical (unpaired) electrons. The van der Waals surface area contributed by atoms with E-state index in [-0.39, 0.29) is 16.6 Å². The van der Waals surface area contributed by atoms with Crippen molar-refractivity contribution in [1.82, 2.24) is 4.57 Å². The molecule has 8 heteroatoms. The number of carbonyl (C=O) groups is 1. The first-order valence-corrected chi connectivity index (χ1v) is 9.60. The summed E-state index contributed by atoms with van der Waals surface area (Å²) in [5.74, 6) is -0.368. The normalized spacial score (nSPS) is 14.5. The molecule has 1 aromatic heterocycles. The molecular weight excluding hydrogens is 356 g/mol. The monoisotopic (exact) mass is 372 g/mol. The van der Waals surface area contributed by atoms with Crippen molar-refractivity contribution in [3.05, 3.63) is 58.6 Å².